The Bertz CT molecular complexity index is 862. The molecule has 1 saturated heterocycles. The van der Waals surface area contributed by atoms with E-state index >= 15 is 0 Å². The number of carbonyl (C=O) groups is 1. The minimum Gasteiger partial charge on any atom is -0.481 e. The number of benzene rings is 1. The van der Waals surface area contributed by atoms with E-state index in [1.807, 2.05) is 40.8 Å². The van der Waals surface area contributed by atoms with Gasteiger partial charge in [0.05, 0.1) is 5.92 Å². The van der Waals surface area contributed by atoms with Crippen LogP contribution in [0.25, 0.3) is 5.65 Å². The molecule has 0 bridgehead atoms. The maximum Gasteiger partial charge on any atom is 0.308 e. The third-order valence-corrected chi connectivity index (χ3v) is 4.71. The third-order valence-electron chi connectivity index (χ3n) is 4.71. The second-order valence-corrected chi connectivity index (χ2v) is 6.23. The Labute approximate surface area is 139 Å². The molecule has 6 heteroatoms. The van der Waals surface area contributed by atoms with E-state index in [4.69, 9.17) is 0 Å². The molecule has 0 spiro atoms. The van der Waals surface area contributed by atoms with Gasteiger partial charge in [-0.25, -0.2) is 0 Å². The molecule has 2 atom stereocenters. The first kappa shape index (κ1) is 14.7. The average Bonchev–Trinajstić information content (AvgIpc) is 3.10. The van der Waals surface area contributed by atoms with Crippen LogP contribution in [0.3, 0.4) is 0 Å². The fourth-order valence-corrected chi connectivity index (χ4v) is 3.52. The Balaban J connectivity index is 1.72. The zero-order chi connectivity index (χ0) is 16.5. The molecule has 1 aromatic carbocycles. The van der Waals surface area contributed by atoms with Gasteiger partial charge in [0.2, 0.25) is 0 Å². The molecule has 122 valence electrons. The largest absolute Gasteiger partial charge is 0.481 e. The van der Waals surface area contributed by atoms with Crippen LogP contribution in [0, 0.1) is 5.92 Å². The summed E-state index contributed by atoms with van der Waals surface area (Å²) in [7, 11) is 0. The predicted octanol–water partition coefficient (Wildman–Crippen LogP) is 2.42. The van der Waals surface area contributed by atoms with E-state index in [0.29, 0.717) is 13.0 Å². The maximum absolute atomic E-state index is 11.7. The second kappa shape index (κ2) is 5.96. The summed E-state index contributed by atoms with van der Waals surface area (Å²) in [6.07, 6.45) is 2.33. The molecule has 2 aromatic heterocycles. The maximum atomic E-state index is 11.7. The number of anilines is 1. The minimum absolute atomic E-state index is 0.188. The Kier molecular flexibility index (Phi) is 3.65. The van der Waals surface area contributed by atoms with E-state index in [0.717, 1.165) is 18.0 Å². The number of rotatable bonds is 3. The standard InChI is InChI=1S/C18H18N4O2/c23-18(24)15-9-14(13-5-2-1-3-6-13)10-21(11-15)17-8-4-7-16-20-19-12-22(16)17/h1-8,12,14-15H,9-11H2,(H,23,24). The highest BCUT2D eigenvalue weighted by Crippen LogP contribution is 2.33. The molecule has 4 rings (SSSR count). The highest BCUT2D eigenvalue weighted by atomic mass is 16.4. The Morgan fingerprint density at radius 2 is 1.92 bits per heavy atom. The van der Waals surface area contributed by atoms with Gasteiger partial charge >= 0.3 is 5.97 Å². The van der Waals surface area contributed by atoms with Crippen molar-refractivity contribution in [2.75, 3.05) is 18.0 Å². The van der Waals surface area contributed by atoms with Crippen LogP contribution in [-0.4, -0.2) is 38.8 Å². The number of hydrogen-bond acceptors (Lipinski definition) is 4. The van der Waals surface area contributed by atoms with Crippen LogP contribution in [0.15, 0.2) is 54.9 Å². The summed E-state index contributed by atoms with van der Waals surface area (Å²) in [5.74, 6) is -0.00979. The van der Waals surface area contributed by atoms with E-state index in [1.54, 1.807) is 6.33 Å². The van der Waals surface area contributed by atoms with E-state index in [9.17, 15) is 9.90 Å². The normalized spacial score (nSPS) is 21.1. The van der Waals surface area contributed by atoms with Crippen LogP contribution in [0.1, 0.15) is 17.9 Å². The zero-order valence-corrected chi connectivity index (χ0v) is 13.1. The van der Waals surface area contributed by atoms with Gasteiger partial charge in [-0.05, 0) is 24.1 Å². The van der Waals surface area contributed by atoms with Crippen LogP contribution >= 0.6 is 0 Å². The fraction of sp³-hybridized carbons (Fsp3) is 0.278. The summed E-state index contributed by atoms with van der Waals surface area (Å²) < 4.78 is 1.91. The molecule has 1 aliphatic rings. The van der Waals surface area contributed by atoms with Gasteiger partial charge in [0, 0.05) is 19.0 Å². The van der Waals surface area contributed by atoms with Gasteiger partial charge < -0.3 is 10.0 Å². The lowest BCUT2D eigenvalue weighted by atomic mass is 9.84. The lowest BCUT2D eigenvalue weighted by molar-refractivity contribution is -0.142. The Morgan fingerprint density at radius 3 is 2.71 bits per heavy atom. The van der Waals surface area contributed by atoms with Crippen molar-refractivity contribution in [1.82, 2.24) is 14.6 Å². The number of aliphatic carboxylic acids is 1. The summed E-state index contributed by atoms with van der Waals surface area (Å²) in [5.41, 5.74) is 1.95. The Hall–Kier alpha value is -2.89. The van der Waals surface area contributed by atoms with Crippen molar-refractivity contribution in [1.29, 1.82) is 0 Å². The number of pyridine rings is 1. The molecule has 0 radical (unpaired) electrons. The summed E-state index contributed by atoms with van der Waals surface area (Å²) in [6.45, 7) is 1.28. The molecule has 24 heavy (non-hydrogen) atoms. The van der Waals surface area contributed by atoms with Crippen molar-refractivity contribution < 1.29 is 9.90 Å². The van der Waals surface area contributed by atoms with Gasteiger partial charge in [-0.15, -0.1) is 10.2 Å². The van der Waals surface area contributed by atoms with Crippen molar-refractivity contribution in [3.05, 3.63) is 60.4 Å². The highest BCUT2D eigenvalue weighted by molar-refractivity contribution is 5.71. The summed E-state index contributed by atoms with van der Waals surface area (Å²) in [4.78, 5) is 13.8. The number of carboxylic acid groups (broad SMARTS) is 1. The highest BCUT2D eigenvalue weighted by Gasteiger charge is 2.33. The molecule has 2 unspecified atom stereocenters. The minimum atomic E-state index is -0.739. The first-order chi connectivity index (χ1) is 11.7. The zero-order valence-electron chi connectivity index (χ0n) is 13.1. The lowest BCUT2D eigenvalue weighted by Gasteiger charge is -2.38. The van der Waals surface area contributed by atoms with Crippen molar-refractivity contribution in [3.8, 4) is 0 Å². The molecule has 0 aliphatic carbocycles. The van der Waals surface area contributed by atoms with E-state index in [1.165, 1.54) is 5.56 Å². The SMILES string of the molecule is O=C(O)C1CC(c2ccccc2)CN(c2cccc3nncn23)C1. The Morgan fingerprint density at radius 1 is 1.08 bits per heavy atom. The first-order valence-corrected chi connectivity index (χ1v) is 8.04. The number of hydrogen-bond donors (Lipinski definition) is 1. The van der Waals surface area contributed by atoms with Crippen LogP contribution in [0.2, 0.25) is 0 Å². The molecule has 0 amide bonds. The third kappa shape index (κ3) is 2.60. The van der Waals surface area contributed by atoms with Gasteiger partial charge in [-0.2, -0.15) is 0 Å². The van der Waals surface area contributed by atoms with Crippen LogP contribution in [0.4, 0.5) is 5.82 Å². The van der Waals surface area contributed by atoms with Crippen LogP contribution in [-0.2, 0) is 4.79 Å². The average molecular weight is 322 g/mol. The molecular formula is C18H18N4O2. The van der Waals surface area contributed by atoms with Crippen LogP contribution < -0.4 is 4.90 Å². The number of piperidine rings is 1. The van der Waals surface area contributed by atoms with Gasteiger partial charge in [0.25, 0.3) is 0 Å². The monoisotopic (exact) mass is 322 g/mol. The summed E-state index contributed by atoms with van der Waals surface area (Å²) in [5, 5.41) is 17.6. The first-order valence-electron chi connectivity index (χ1n) is 8.04. The second-order valence-electron chi connectivity index (χ2n) is 6.23. The number of fused-ring (bicyclic) bond motifs is 1. The number of aromatic nitrogens is 3. The van der Waals surface area contributed by atoms with Crippen molar-refractivity contribution in [2.24, 2.45) is 5.92 Å². The smallest absolute Gasteiger partial charge is 0.308 e. The van der Waals surface area contributed by atoms with E-state index in [-0.39, 0.29) is 5.92 Å². The summed E-state index contributed by atoms with van der Waals surface area (Å²) >= 11 is 0. The summed E-state index contributed by atoms with van der Waals surface area (Å²) in [6, 6.07) is 16.0. The molecule has 0 saturated carbocycles. The van der Waals surface area contributed by atoms with E-state index in [2.05, 4.69) is 27.2 Å². The molecule has 6 nitrogen and oxygen atoms in total. The molecule has 3 heterocycles. The van der Waals surface area contributed by atoms with Gasteiger partial charge in [-0.1, -0.05) is 36.4 Å². The van der Waals surface area contributed by atoms with E-state index < -0.39 is 11.9 Å². The lowest BCUT2D eigenvalue weighted by Crippen LogP contribution is -2.43. The van der Waals surface area contributed by atoms with Crippen molar-refractivity contribution >= 4 is 17.4 Å². The van der Waals surface area contributed by atoms with Gasteiger partial charge in [0.15, 0.2) is 5.65 Å². The molecular weight excluding hydrogens is 304 g/mol. The predicted molar refractivity (Wildman–Crippen MR) is 90.1 cm³/mol. The van der Waals surface area contributed by atoms with Gasteiger partial charge in [-0.3, -0.25) is 9.20 Å². The molecule has 1 fully saturated rings. The van der Waals surface area contributed by atoms with Gasteiger partial charge in [0.1, 0.15) is 12.1 Å². The molecule has 1 N–H and O–H groups in total. The molecule has 1 aliphatic heterocycles. The fourth-order valence-electron chi connectivity index (χ4n) is 3.52. The topological polar surface area (TPSA) is 70.7 Å². The van der Waals surface area contributed by atoms with Crippen LogP contribution in [0.5, 0.6) is 0 Å². The van der Waals surface area contributed by atoms with Crippen molar-refractivity contribution in [3.63, 3.8) is 0 Å². The van der Waals surface area contributed by atoms with Crippen molar-refractivity contribution in [2.45, 2.75) is 12.3 Å². The number of nitrogens with zero attached hydrogens (tertiary/aromatic N) is 4. The quantitative estimate of drug-likeness (QED) is 0.802. The number of carboxylic acids is 1. The molecule has 3 aromatic rings.